The van der Waals surface area contributed by atoms with Crippen molar-refractivity contribution in [3.8, 4) is 0 Å². The number of nitrogens with zero attached hydrogens (tertiary/aromatic N) is 1. The predicted octanol–water partition coefficient (Wildman–Crippen LogP) is 1.49. The van der Waals surface area contributed by atoms with Crippen LogP contribution in [-0.2, 0) is 11.3 Å². The lowest BCUT2D eigenvalue weighted by atomic mass is 10.2. The first-order valence-electron chi connectivity index (χ1n) is 6.29. The Morgan fingerprint density at radius 1 is 1.60 bits per heavy atom. The summed E-state index contributed by atoms with van der Waals surface area (Å²) < 4.78 is 19.2. The molecule has 1 aromatic rings. The van der Waals surface area contributed by atoms with Crippen molar-refractivity contribution in [2.45, 2.75) is 12.6 Å². The van der Waals surface area contributed by atoms with Gasteiger partial charge in [0.05, 0.1) is 25.9 Å². The molecule has 2 N–H and O–H groups in total. The molecule has 2 amide bonds. The second-order valence-electron chi connectivity index (χ2n) is 4.52. The molecule has 0 unspecified atom stereocenters. The van der Waals surface area contributed by atoms with Crippen molar-refractivity contribution in [2.24, 2.45) is 0 Å². The number of rotatable bonds is 3. The summed E-state index contributed by atoms with van der Waals surface area (Å²) in [6.45, 7) is 1.36. The normalized spacial score (nSPS) is 18.9. The van der Waals surface area contributed by atoms with Crippen LogP contribution >= 0.6 is 15.9 Å². The number of hydrogen-bond acceptors (Lipinski definition) is 3. The van der Waals surface area contributed by atoms with Crippen molar-refractivity contribution < 1.29 is 19.0 Å². The Hall–Kier alpha value is -1.18. The summed E-state index contributed by atoms with van der Waals surface area (Å²) >= 11 is 3.31. The SMILES string of the molecule is O=C(NCc1cc(F)ccc1Br)N1CCO[C@@H](CO)C1. The summed E-state index contributed by atoms with van der Waals surface area (Å²) in [4.78, 5) is 13.6. The Bertz CT molecular complexity index is 487. The maximum Gasteiger partial charge on any atom is 0.317 e. The fourth-order valence-electron chi connectivity index (χ4n) is 1.98. The van der Waals surface area contributed by atoms with E-state index >= 15 is 0 Å². The van der Waals surface area contributed by atoms with E-state index in [0.717, 1.165) is 4.47 Å². The molecule has 0 saturated carbocycles. The van der Waals surface area contributed by atoms with Gasteiger partial charge in [-0.1, -0.05) is 15.9 Å². The van der Waals surface area contributed by atoms with E-state index in [1.165, 1.54) is 12.1 Å². The third kappa shape index (κ3) is 3.91. The van der Waals surface area contributed by atoms with Gasteiger partial charge in [-0.25, -0.2) is 9.18 Å². The van der Waals surface area contributed by atoms with E-state index in [0.29, 0.717) is 25.3 Å². The van der Waals surface area contributed by atoms with E-state index in [1.807, 2.05) is 0 Å². The van der Waals surface area contributed by atoms with Gasteiger partial charge in [-0.3, -0.25) is 0 Å². The number of benzene rings is 1. The van der Waals surface area contributed by atoms with Crippen LogP contribution in [0.5, 0.6) is 0 Å². The molecule has 1 aliphatic heterocycles. The highest BCUT2D eigenvalue weighted by molar-refractivity contribution is 9.10. The van der Waals surface area contributed by atoms with Crippen LogP contribution in [0.25, 0.3) is 0 Å². The maximum atomic E-state index is 13.1. The van der Waals surface area contributed by atoms with Gasteiger partial charge < -0.3 is 20.1 Å². The highest BCUT2D eigenvalue weighted by Gasteiger charge is 2.23. The van der Waals surface area contributed by atoms with Gasteiger partial charge in [-0.2, -0.15) is 0 Å². The molecular weight excluding hydrogens is 331 g/mol. The largest absolute Gasteiger partial charge is 0.394 e. The van der Waals surface area contributed by atoms with Gasteiger partial charge in [0.15, 0.2) is 0 Å². The maximum absolute atomic E-state index is 13.1. The number of aliphatic hydroxyl groups excluding tert-OH is 1. The van der Waals surface area contributed by atoms with E-state index in [4.69, 9.17) is 9.84 Å². The molecule has 7 heteroatoms. The van der Waals surface area contributed by atoms with Crippen LogP contribution in [0, 0.1) is 5.82 Å². The lowest BCUT2D eigenvalue weighted by Crippen LogP contribution is -2.50. The van der Waals surface area contributed by atoms with Crippen LogP contribution < -0.4 is 5.32 Å². The van der Waals surface area contributed by atoms with Crippen LogP contribution in [0.1, 0.15) is 5.56 Å². The second kappa shape index (κ2) is 7.01. The van der Waals surface area contributed by atoms with E-state index in [1.54, 1.807) is 11.0 Å². The number of aliphatic hydroxyl groups is 1. The van der Waals surface area contributed by atoms with Crippen LogP contribution in [0.15, 0.2) is 22.7 Å². The molecule has 1 aromatic carbocycles. The fraction of sp³-hybridized carbons (Fsp3) is 0.462. The summed E-state index contributed by atoms with van der Waals surface area (Å²) in [7, 11) is 0. The van der Waals surface area contributed by atoms with Crippen molar-refractivity contribution in [1.29, 1.82) is 0 Å². The van der Waals surface area contributed by atoms with Gasteiger partial charge in [-0.05, 0) is 23.8 Å². The highest BCUT2D eigenvalue weighted by Crippen LogP contribution is 2.17. The van der Waals surface area contributed by atoms with Crippen molar-refractivity contribution in [1.82, 2.24) is 10.2 Å². The van der Waals surface area contributed by atoms with Crippen molar-refractivity contribution in [2.75, 3.05) is 26.3 Å². The zero-order valence-corrected chi connectivity index (χ0v) is 12.4. The molecule has 0 bridgehead atoms. The van der Waals surface area contributed by atoms with E-state index < -0.39 is 0 Å². The van der Waals surface area contributed by atoms with Crippen molar-refractivity contribution in [3.05, 3.63) is 34.1 Å². The molecule has 20 heavy (non-hydrogen) atoms. The number of ether oxygens (including phenoxy) is 1. The van der Waals surface area contributed by atoms with E-state index in [-0.39, 0.29) is 31.1 Å². The number of morpholine rings is 1. The number of amides is 2. The first-order valence-corrected chi connectivity index (χ1v) is 7.08. The Labute approximate surface area is 124 Å². The molecule has 1 heterocycles. The standard InChI is InChI=1S/C13H16BrFN2O3/c14-12-2-1-10(15)5-9(12)6-16-13(19)17-3-4-20-11(7-17)8-18/h1-2,5,11,18H,3-4,6-8H2,(H,16,19)/t11-/m1/s1. The molecule has 0 spiro atoms. The molecule has 0 aromatic heterocycles. The Morgan fingerprint density at radius 2 is 2.40 bits per heavy atom. The first kappa shape index (κ1) is 15.2. The van der Waals surface area contributed by atoms with E-state index in [9.17, 15) is 9.18 Å². The van der Waals surface area contributed by atoms with Crippen LogP contribution in [0.4, 0.5) is 9.18 Å². The van der Waals surface area contributed by atoms with Crippen LogP contribution in [-0.4, -0.2) is 48.4 Å². The third-order valence-electron chi connectivity index (χ3n) is 3.07. The van der Waals surface area contributed by atoms with Gasteiger partial charge in [0.2, 0.25) is 0 Å². The van der Waals surface area contributed by atoms with Crippen molar-refractivity contribution in [3.63, 3.8) is 0 Å². The topological polar surface area (TPSA) is 61.8 Å². The molecule has 5 nitrogen and oxygen atoms in total. The minimum Gasteiger partial charge on any atom is -0.394 e. The minimum absolute atomic E-state index is 0.112. The third-order valence-corrected chi connectivity index (χ3v) is 3.84. The first-order chi connectivity index (χ1) is 9.60. The number of carbonyl (C=O) groups excluding carboxylic acids is 1. The van der Waals surface area contributed by atoms with Crippen LogP contribution in [0.3, 0.4) is 0 Å². The zero-order chi connectivity index (χ0) is 14.5. The summed E-state index contributed by atoms with van der Waals surface area (Å²) in [5.41, 5.74) is 0.672. The van der Waals surface area contributed by atoms with Gasteiger partial charge in [-0.15, -0.1) is 0 Å². The molecule has 1 fully saturated rings. The molecule has 1 aliphatic rings. The molecule has 1 atom stereocenters. The monoisotopic (exact) mass is 346 g/mol. The average Bonchev–Trinajstić information content (AvgIpc) is 2.48. The van der Waals surface area contributed by atoms with Gasteiger partial charge in [0, 0.05) is 17.6 Å². The Morgan fingerprint density at radius 3 is 3.15 bits per heavy atom. The lowest BCUT2D eigenvalue weighted by Gasteiger charge is -2.32. The molecule has 0 radical (unpaired) electrons. The second-order valence-corrected chi connectivity index (χ2v) is 5.37. The number of hydrogen-bond donors (Lipinski definition) is 2. The van der Waals surface area contributed by atoms with Gasteiger partial charge in [0.25, 0.3) is 0 Å². The number of halogens is 2. The average molecular weight is 347 g/mol. The van der Waals surface area contributed by atoms with Crippen LogP contribution in [0.2, 0.25) is 0 Å². The smallest absolute Gasteiger partial charge is 0.317 e. The quantitative estimate of drug-likeness (QED) is 0.871. The fourth-order valence-corrected chi connectivity index (χ4v) is 2.36. The highest BCUT2D eigenvalue weighted by atomic mass is 79.9. The van der Waals surface area contributed by atoms with E-state index in [2.05, 4.69) is 21.2 Å². The molecule has 110 valence electrons. The zero-order valence-electron chi connectivity index (χ0n) is 10.8. The summed E-state index contributed by atoms with van der Waals surface area (Å²) in [5, 5.41) is 11.8. The molecular formula is C13H16BrFN2O3. The summed E-state index contributed by atoms with van der Waals surface area (Å²) in [5.74, 6) is -0.343. The molecule has 1 saturated heterocycles. The summed E-state index contributed by atoms with van der Waals surface area (Å²) in [6, 6.07) is 4.08. The molecule has 2 rings (SSSR count). The number of urea groups is 1. The summed E-state index contributed by atoms with van der Waals surface area (Å²) in [6.07, 6.45) is -0.338. The Kier molecular flexibility index (Phi) is 5.33. The number of nitrogens with one attached hydrogen (secondary N) is 1. The Balaban J connectivity index is 1.90. The lowest BCUT2D eigenvalue weighted by molar-refractivity contribution is -0.0403. The number of carbonyl (C=O) groups is 1. The van der Waals surface area contributed by atoms with Gasteiger partial charge >= 0.3 is 6.03 Å². The minimum atomic E-state index is -0.343. The van der Waals surface area contributed by atoms with Crippen molar-refractivity contribution >= 4 is 22.0 Å². The van der Waals surface area contributed by atoms with Gasteiger partial charge in [0.1, 0.15) is 5.82 Å². The molecule has 0 aliphatic carbocycles. The predicted molar refractivity (Wildman–Crippen MR) is 74.7 cm³/mol.